The van der Waals surface area contributed by atoms with E-state index in [1.807, 2.05) is 0 Å². The van der Waals surface area contributed by atoms with Crippen molar-refractivity contribution in [1.29, 1.82) is 0 Å². The van der Waals surface area contributed by atoms with Gasteiger partial charge in [0.2, 0.25) is 0 Å². The molecule has 0 spiro atoms. The molecule has 0 amide bonds. The van der Waals surface area contributed by atoms with E-state index in [0.717, 1.165) is 0 Å². The molecule has 0 aliphatic heterocycles. The largest absolute Gasteiger partial charge is 3.00 e. The normalized spacial score (nSPS) is 14.8. The van der Waals surface area contributed by atoms with Crippen LogP contribution in [0.2, 0.25) is 0 Å². The first kappa shape index (κ1) is 84.2. The maximum atomic E-state index is 9.63. The van der Waals surface area contributed by atoms with Crippen molar-refractivity contribution in [2.24, 2.45) is 0 Å². The number of aliphatic hydroxyl groups excluding tert-OH is 12. The van der Waals surface area contributed by atoms with Crippen molar-refractivity contribution in [2.75, 3.05) is 0 Å². The van der Waals surface area contributed by atoms with Crippen LogP contribution in [0.4, 0.5) is 0 Å². The maximum absolute atomic E-state index is 9.63. The van der Waals surface area contributed by atoms with E-state index in [1.54, 1.807) is 0 Å². The maximum Gasteiger partial charge on any atom is 3.00 e. The van der Waals surface area contributed by atoms with E-state index in [0.29, 0.717) is 0 Å². The summed E-state index contributed by atoms with van der Waals surface area (Å²) in [5.41, 5.74) is 0. The Hall–Kier alpha value is -3.31. The number of rotatable bonds is 18. The number of aliphatic hydroxyl groups is 12. The van der Waals surface area contributed by atoms with Gasteiger partial charge in [0.25, 0.3) is 0 Å². The number of carbonyl (C=O) groups excluding carboxylic acids is 12. The second-order valence-corrected chi connectivity index (χ2v) is 9.17. The molecule has 40 heteroatoms. The van der Waals surface area contributed by atoms with Crippen LogP contribution in [0.1, 0.15) is 0 Å². The Bertz CT molecular complexity index is 1100. The van der Waals surface area contributed by atoms with Crippen LogP contribution in [-0.4, -0.2) is 311 Å². The molecule has 0 aromatic rings. The molecule has 0 bridgehead atoms. The van der Waals surface area contributed by atoms with Gasteiger partial charge in [0, 0.05) is 0 Å². The first-order valence-corrected chi connectivity index (χ1v) is 13.5. The van der Waals surface area contributed by atoms with Gasteiger partial charge >= 0.3 is 105 Å². The summed E-state index contributed by atoms with van der Waals surface area (Å²) in [6.07, 6.45) is -29.3. The number of hydrogen-bond acceptors (Lipinski definition) is 36. The SMILES string of the molecule is O=C([O-])C(O)C(O)C(=O)[O-].O=C([O-])C(O)C(O)C(=O)[O-].O=C([O-])C(O)C(O)C(=O)[O-].O=C([O-])C(O)C(O)C(=O)[O-].O=C([O-])C(O)C(O)C(=O)[O-].O=C([O-])C(O)C(O)C(=O)[O-].[Bi+3].[Bi+3].[Bi+3].[Bi+3]. The van der Waals surface area contributed by atoms with Crippen LogP contribution in [0.15, 0.2) is 0 Å². The summed E-state index contributed by atoms with van der Waals surface area (Å²) in [6, 6.07) is 0. The van der Waals surface area contributed by atoms with Crippen LogP contribution in [-0.2, 0) is 57.5 Å². The molecule has 0 saturated carbocycles. The fourth-order valence-electron chi connectivity index (χ4n) is 1.55. The fraction of sp³-hybridized carbons (Fsp3) is 0.500. The average Bonchev–Trinajstić information content (AvgIpc) is 3.14. The van der Waals surface area contributed by atoms with E-state index in [-0.39, 0.29) is 105 Å². The molecule has 0 saturated heterocycles. The Morgan fingerprint density at radius 2 is 0.203 bits per heavy atom. The molecule has 0 heterocycles. The quantitative estimate of drug-likeness (QED) is 0.0567. The Morgan fingerprint density at radius 3 is 0.219 bits per heavy atom. The molecule has 64 heavy (non-hydrogen) atoms. The van der Waals surface area contributed by atoms with Crippen LogP contribution < -0.4 is 61.3 Å². The van der Waals surface area contributed by atoms with Crippen LogP contribution in [0.5, 0.6) is 0 Å². The van der Waals surface area contributed by atoms with Crippen LogP contribution in [0.25, 0.3) is 0 Å². The van der Waals surface area contributed by atoms with Crippen molar-refractivity contribution < 1.29 is 180 Å². The molecule has 0 fully saturated rings. The standard InChI is InChI=1S/6C4H6O6.4Bi/c6*5-1(3(7)8)2(6)4(9)10;;;;/h6*1-2,5-6H,(H,7,8)(H,9,10);;;;/q;;;;;;4*+3/p-12. The first-order chi connectivity index (χ1) is 26.8. The molecule has 0 aliphatic rings. The third-order valence-corrected chi connectivity index (χ3v) is 4.69. The second kappa shape index (κ2) is 43.6. The van der Waals surface area contributed by atoms with Gasteiger partial charge < -0.3 is 180 Å². The Morgan fingerprint density at radius 1 is 0.172 bits per heavy atom. The average molecular weight is 1720 g/mol. The Labute approximate surface area is 426 Å². The molecule has 12 atom stereocenters. The zero-order chi connectivity index (χ0) is 49.9. The number of aliphatic carboxylic acids is 12. The summed E-state index contributed by atoms with van der Waals surface area (Å²) in [5.74, 6) is -24.7. The molecule has 36 nitrogen and oxygen atoms in total. The summed E-state index contributed by atoms with van der Waals surface area (Å²) < 4.78 is 0. The zero-order valence-corrected chi connectivity index (χ0v) is 43.8. The van der Waals surface area contributed by atoms with Gasteiger partial charge in [-0.05, 0) is 0 Å². The summed E-state index contributed by atoms with van der Waals surface area (Å²) in [4.78, 5) is 116. The zero-order valence-electron chi connectivity index (χ0n) is 29.9. The monoisotopic (exact) mass is 1720 g/mol. The van der Waals surface area contributed by atoms with Crippen molar-refractivity contribution in [1.82, 2.24) is 0 Å². The van der Waals surface area contributed by atoms with E-state index in [2.05, 4.69) is 0 Å². The molecule has 0 aromatic heterocycles. The molecule has 0 rings (SSSR count). The molecule has 8 radical (unpaired) electrons. The topological polar surface area (TPSA) is 724 Å². The van der Waals surface area contributed by atoms with Gasteiger partial charge in [0.05, 0.1) is 71.6 Å². The second-order valence-electron chi connectivity index (χ2n) is 9.17. The molecular formula is C24H24Bi4O36. The van der Waals surface area contributed by atoms with Gasteiger partial charge in [-0.15, -0.1) is 0 Å². The number of carboxylic acid groups (broad SMARTS) is 12. The minimum Gasteiger partial charge on any atom is -0.547 e. The van der Waals surface area contributed by atoms with Crippen LogP contribution in [0, 0.1) is 0 Å². The van der Waals surface area contributed by atoms with E-state index >= 15 is 0 Å². The summed E-state index contributed by atoms with van der Waals surface area (Å²) in [6.45, 7) is 0. The van der Waals surface area contributed by atoms with Gasteiger partial charge in [0.1, 0.15) is 73.2 Å². The molecule has 0 aliphatic carbocycles. The van der Waals surface area contributed by atoms with Crippen LogP contribution >= 0.6 is 0 Å². The third-order valence-electron chi connectivity index (χ3n) is 4.69. The van der Waals surface area contributed by atoms with Gasteiger partial charge in [0.15, 0.2) is 0 Å². The van der Waals surface area contributed by atoms with E-state index < -0.39 is 145 Å². The predicted octanol–water partition coefficient (Wildman–Crippen LogP) is -30.3. The summed E-state index contributed by atoms with van der Waals surface area (Å²) in [5, 5.41) is 214. The Kier molecular flexibility index (Phi) is 57.3. The van der Waals surface area contributed by atoms with Crippen molar-refractivity contribution in [3.05, 3.63) is 0 Å². The van der Waals surface area contributed by atoms with Crippen LogP contribution in [0.3, 0.4) is 0 Å². The van der Waals surface area contributed by atoms with Crippen molar-refractivity contribution >= 4 is 176 Å². The Balaban J connectivity index is -0.0000000675. The number of carbonyl (C=O) groups is 12. The third kappa shape index (κ3) is 41.4. The van der Waals surface area contributed by atoms with Gasteiger partial charge in [-0.1, -0.05) is 0 Å². The summed E-state index contributed by atoms with van der Waals surface area (Å²) in [7, 11) is 0. The first-order valence-electron chi connectivity index (χ1n) is 13.5. The van der Waals surface area contributed by atoms with Gasteiger partial charge in [-0.3, -0.25) is 0 Å². The van der Waals surface area contributed by atoms with Gasteiger partial charge in [-0.2, -0.15) is 0 Å². The molecule has 0 aromatic carbocycles. The predicted molar refractivity (Wildman–Crippen MR) is 155 cm³/mol. The van der Waals surface area contributed by atoms with Crippen molar-refractivity contribution in [3.63, 3.8) is 0 Å². The van der Waals surface area contributed by atoms with Crippen molar-refractivity contribution in [3.8, 4) is 0 Å². The van der Waals surface area contributed by atoms with E-state index in [9.17, 15) is 119 Å². The molecular weight excluding hydrogens is 1700 g/mol. The van der Waals surface area contributed by atoms with Crippen molar-refractivity contribution in [2.45, 2.75) is 73.2 Å². The summed E-state index contributed by atoms with van der Waals surface area (Å²) >= 11 is 0. The fourth-order valence-corrected chi connectivity index (χ4v) is 1.55. The molecule has 12 N–H and O–H groups in total. The molecule has 356 valence electrons. The minimum absolute atomic E-state index is 0. The minimum atomic E-state index is -2.44. The van der Waals surface area contributed by atoms with E-state index in [1.165, 1.54) is 0 Å². The smallest absolute Gasteiger partial charge is 0.547 e. The number of carboxylic acids is 12. The van der Waals surface area contributed by atoms with E-state index in [4.69, 9.17) is 61.3 Å². The van der Waals surface area contributed by atoms with Gasteiger partial charge in [-0.25, -0.2) is 0 Å². The number of hydrogen-bond donors (Lipinski definition) is 12. The molecule has 12 unspecified atom stereocenters.